The van der Waals surface area contributed by atoms with Crippen molar-refractivity contribution in [1.82, 2.24) is 25.4 Å². The fourth-order valence-corrected chi connectivity index (χ4v) is 4.14. The highest BCUT2D eigenvalue weighted by Gasteiger charge is 2.27. The average Bonchev–Trinajstić information content (AvgIpc) is 2.87. The summed E-state index contributed by atoms with van der Waals surface area (Å²) in [5, 5.41) is 5.52. The van der Waals surface area contributed by atoms with E-state index >= 15 is 0 Å². The summed E-state index contributed by atoms with van der Waals surface area (Å²) >= 11 is 0. The molecule has 1 aromatic carbocycles. The highest BCUT2D eigenvalue weighted by Crippen LogP contribution is 2.30. The fourth-order valence-electron chi connectivity index (χ4n) is 4.14. The summed E-state index contributed by atoms with van der Waals surface area (Å²) in [5.74, 6) is -0.334. The number of nitrogens with zero attached hydrogens (tertiary/aromatic N) is 4. The van der Waals surface area contributed by atoms with E-state index in [1.165, 1.54) is 0 Å². The monoisotopic (exact) mass is 468 g/mol. The fraction of sp³-hybridized carbons (Fsp3) is 0.480. The Morgan fingerprint density at radius 1 is 1.06 bits per heavy atom. The van der Waals surface area contributed by atoms with Crippen LogP contribution < -0.4 is 20.3 Å². The predicted octanol–water partition coefficient (Wildman–Crippen LogP) is 1.14. The number of methoxy groups -OCH3 is 1. The minimum Gasteiger partial charge on any atom is -0.495 e. The molecule has 0 bridgehead atoms. The van der Waals surface area contributed by atoms with E-state index in [1.54, 1.807) is 13.3 Å². The number of pyridine rings is 1. The van der Waals surface area contributed by atoms with Gasteiger partial charge >= 0.3 is 11.8 Å². The SMILES string of the molecule is COc1ccccc1N1CCN([C@@H](CNC(=O)C(=O)NCCCN(C)C)c2cccnc2)CC1. The van der Waals surface area contributed by atoms with E-state index in [0.29, 0.717) is 13.1 Å². The van der Waals surface area contributed by atoms with Crippen LogP contribution in [0.25, 0.3) is 0 Å². The van der Waals surface area contributed by atoms with Gasteiger partial charge in [0.05, 0.1) is 18.8 Å². The lowest BCUT2D eigenvalue weighted by molar-refractivity contribution is -0.139. The molecule has 1 aliphatic heterocycles. The third kappa shape index (κ3) is 7.16. The third-order valence-corrected chi connectivity index (χ3v) is 5.98. The van der Waals surface area contributed by atoms with Gasteiger partial charge in [-0.15, -0.1) is 0 Å². The zero-order chi connectivity index (χ0) is 24.3. The van der Waals surface area contributed by atoms with Crippen molar-refractivity contribution in [2.24, 2.45) is 0 Å². The second-order valence-corrected chi connectivity index (χ2v) is 8.62. The number of carbonyl (C=O) groups is 2. The van der Waals surface area contributed by atoms with Crippen LogP contribution in [0.15, 0.2) is 48.8 Å². The normalized spacial score (nSPS) is 15.1. The number of aromatic nitrogens is 1. The van der Waals surface area contributed by atoms with Crippen LogP contribution in [-0.4, -0.2) is 93.6 Å². The Morgan fingerprint density at radius 3 is 2.47 bits per heavy atom. The number of amides is 2. The molecule has 184 valence electrons. The Labute approximate surface area is 202 Å². The van der Waals surface area contributed by atoms with Gasteiger partial charge in [-0.3, -0.25) is 19.5 Å². The molecular weight excluding hydrogens is 432 g/mol. The molecular formula is C25H36N6O3. The zero-order valence-electron chi connectivity index (χ0n) is 20.4. The molecule has 1 fully saturated rings. The van der Waals surface area contributed by atoms with Crippen LogP contribution >= 0.6 is 0 Å². The molecule has 9 nitrogen and oxygen atoms in total. The summed E-state index contributed by atoms with van der Waals surface area (Å²) in [6.45, 7) is 4.95. The molecule has 0 unspecified atom stereocenters. The molecule has 1 atom stereocenters. The standard InChI is InChI=1S/C25H36N6O3/c1-29(2)13-7-12-27-24(32)25(33)28-19-22(20-8-6-11-26-18-20)31-16-14-30(15-17-31)21-9-4-5-10-23(21)34-3/h4-6,8-11,18,22H,7,12-17,19H2,1-3H3,(H,27,32)(H,28,33)/t22-/m0/s1. The summed E-state index contributed by atoms with van der Waals surface area (Å²) in [4.78, 5) is 35.5. The molecule has 0 aliphatic carbocycles. The smallest absolute Gasteiger partial charge is 0.309 e. The average molecular weight is 469 g/mol. The van der Waals surface area contributed by atoms with Crippen molar-refractivity contribution in [2.75, 3.05) is 71.9 Å². The molecule has 0 radical (unpaired) electrons. The lowest BCUT2D eigenvalue weighted by Gasteiger charge is -2.40. The van der Waals surface area contributed by atoms with E-state index in [9.17, 15) is 9.59 Å². The van der Waals surface area contributed by atoms with Gasteiger partial charge in [-0.1, -0.05) is 18.2 Å². The molecule has 1 aromatic heterocycles. The Kier molecular flexibility index (Phi) is 9.66. The minimum atomic E-state index is -0.605. The van der Waals surface area contributed by atoms with Crippen molar-refractivity contribution in [3.05, 3.63) is 54.4 Å². The largest absolute Gasteiger partial charge is 0.495 e. The third-order valence-electron chi connectivity index (χ3n) is 5.98. The second-order valence-electron chi connectivity index (χ2n) is 8.62. The topological polar surface area (TPSA) is 90.0 Å². The first kappa shape index (κ1) is 25.5. The Hall–Kier alpha value is -3.17. The van der Waals surface area contributed by atoms with Crippen LogP contribution in [0.5, 0.6) is 5.75 Å². The number of piperazine rings is 1. The van der Waals surface area contributed by atoms with E-state index in [0.717, 1.165) is 56.1 Å². The maximum atomic E-state index is 12.4. The van der Waals surface area contributed by atoms with Crippen molar-refractivity contribution in [1.29, 1.82) is 0 Å². The number of para-hydroxylation sites is 2. The first-order valence-electron chi connectivity index (χ1n) is 11.7. The van der Waals surface area contributed by atoms with E-state index < -0.39 is 11.8 Å². The second kappa shape index (κ2) is 12.9. The number of anilines is 1. The number of carbonyl (C=O) groups excluding carboxylic acids is 2. The number of benzene rings is 1. The summed E-state index contributed by atoms with van der Waals surface area (Å²) in [7, 11) is 5.64. The summed E-state index contributed by atoms with van der Waals surface area (Å²) < 4.78 is 5.52. The van der Waals surface area contributed by atoms with Crippen molar-refractivity contribution in [3.63, 3.8) is 0 Å². The number of hydrogen-bond donors (Lipinski definition) is 2. The highest BCUT2D eigenvalue weighted by molar-refractivity contribution is 6.35. The molecule has 34 heavy (non-hydrogen) atoms. The van der Waals surface area contributed by atoms with E-state index in [1.807, 2.05) is 55.5 Å². The zero-order valence-corrected chi connectivity index (χ0v) is 20.4. The van der Waals surface area contributed by atoms with Crippen molar-refractivity contribution in [2.45, 2.75) is 12.5 Å². The maximum Gasteiger partial charge on any atom is 0.309 e. The van der Waals surface area contributed by atoms with Crippen molar-refractivity contribution >= 4 is 17.5 Å². The van der Waals surface area contributed by atoms with Crippen LogP contribution in [0, 0.1) is 0 Å². The van der Waals surface area contributed by atoms with Gasteiger partial charge in [-0.05, 0) is 50.8 Å². The molecule has 1 aliphatic rings. The number of rotatable bonds is 10. The first-order chi connectivity index (χ1) is 16.5. The highest BCUT2D eigenvalue weighted by atomic mass is 16.5. The maximum absolute atomic E-state index is 12.4. The lowest BCUT2D eigenvalue weighted by atomic mass is 10.1. The minimum absolute atomic E-state index is 0.0704. The van der Waals surface area contributed by atoms with Crippen molar-refractivity contribution < 1.29 is 14.3 Å². The van der Waals surface area contributed by atoms with E-state index in [-0.39, 0.29) is 6.04 Å². The Bertz CT molecular complexity index is 916. The van der Waals surface area contributed by atoms with Gasteiger partial charge in [0.25, 0.3) is 0 Å². The van der Waals surface area contributed by atoms with Gasteiger partial charge in [0.15, 0.2) is 0 Å². The summed E-state index contributed by atoms with van der Waals surface area (Å²) in [5.41, 5.74) is 2.10. The van der Waals surface area contributed by atoms with Gasteiger partial charge in [0, 0.05) is 51.7 Å². The van der Waals surface area contributed by atoms with Crippen LogP contribution in [0.4, 0.5) is 5.69 Å². The van der Waals surface area contributed by atoms with Gasteiger partial charge in [-0.2, -0.15) is 0 Å². The van der Waals surface area contributed by atoms with Crippen molar-refractivity contribution in [3.8, 4) is 5.75 Å². The van der Waals surface area contributed by atoms with Gasteiger partial charge < -0.3 is 25.2 Å². The van der Waals surface area contributed by atoms with Crippen LogP contribution in [0.1, 0.15) is 18.0 Å². The molecule has 0 spiro atoms. The molecule has 2 aromatic rings. The molecule has 2 amide bonds. The van der Waals surface area contributed by atoms with Gasteiger partial charge in [0.2, 0.25) is 0 Å². The molecule has 9 heteroatoms. The summed E-state index contributed by atoms with van der Waals surface area (Å²) in [6, 6.07) is 11.9. The van der Waals surface area contributed by atoms with E-state index in [2.05, 4.69) is 31.5 Å². The number of hydrogen-bond acceptors (Lipinski definition) is 7. The molecule has 0 saturated carbocycles. The number of ether oxygens (including phenoxy) is 1. The molecule has 2 heterocycles. The summed E-state index contributed by atoms with van der Waals surface area (Å²) in [6.07, 6.45) is 4.35. The van der Waals surface area contributed by atoms with Crippen LogP contribution in [-0.2, 0) is 9.59 Å². The predicted molar refractivity (Wildman–Crippen MR) is 133 cm³/mol. The molecule has 2 N–H and O–H groups in total. The number of nitrogens with one attached hydrogen (secondary N) is 2. The lowest BCUT2D eigenvalue weighted by Crippen LogP contribution is -2.51. The molecule has 3 rings (SSSR count). The Balaban J connectivity index is 1.58. The van der Waals surface area contributed by atoms with Gasteiger partial charge in [-0.25, -0.2) is 0 Å². The van der Waals surface area contributed by atoms with Crippen LogP contribution in [0.3, 0.4) is 0 Å². The van der Waals surface area contributed by atoms with Gasteiger partial charge in [0.1, 0.15) is 5.75 Å². The first-order valence-corrected chi connectivity index (χ1v) is 11.7. The quantitative estimate of drug-likeness (QED) is 0.399. The Morgan fingerprint density at radius 2 is 1.79 bits per heavy atom. The molecule has 1 saturated heterocycles. The van der Waals surface area contributed by atoms with E-state index in [4.69, 9.17) is 4.74 Å². The van der Waals surface area contributed by atoms with Crippen LogP contribution in [0.2, 0.25) is 0 Å².